The third-order valence-corrected chi connectivity index (χ3v) is 6.74. The number of nitrogens with one attached hydrogen (secondary N) is 2. The number of carbonyl (C=O) groups excluding carboxylic acids is 2. The number of amides is 2. The van der Waals surface area contributed by atoms with Gasteiger partial charge in [-0.15, -0.1) is 0 Å². The molecule has 0 bridgehead atoms. The van der Waals surface area contributed by atoms with E-state index in [4.69, 9.17) is 0 Å². The maximum atomic E-state index is 12.7. The lowest BCUT2D eigenvalue weighted by molar-refractivity contribution is 0.101. The van der Waals surface area contributed by atoms with E-state index >= 15 is 0 Å². The second-order valence-electron chi connectivity index (χ2n) is 9.77. The number of hydrogen-bond donors (Lipinski definition) is 2. The Bertz CT molecular complexity index is 1690. The molecule has 0 aliphatic heterocycles. The molecule has 0 spiro atoms. The van der Waals surface area contributed by atoms with Gasteiger partial charge < -0.3 is 10.6 Å². The molecule has 8 heteroatoms. The van der Waals surface area contributed by atoms with Gasteiger partial charge in [-0.2, -0.15) is 0 Å². The number of pyridine rings is 4. The van der Waals surface area contributed by atoms with Gasteiger partial charge in [0.25, 0.3) is 11.8 Å². The van der Waals surface area contributed by atoms with Gasteiger partial charge in [-0.1, -0.05) is 36.4 Å². The summed E-state index contributed by atoms with van der Waals surface area (Å²) < 4.78 is 0. The standard InChI is InChI=1S/C35H26N6O2/c42-34(26-11-17-32(38-22-26)30-5-1-3-19-36-30)40-28-13-7-24(8-14-28)21-25-9-15-29(16-10-25)41-35(43)27-12-18-33(39-23-27)31-6-2-4-20-37-31/h1-20,22-23H,21H2,(H,40,42)(H,41,43). The molecule has 0 fully saturated rings. The maximum Gasteiger partial charge on any atom is 0.257 e. The number of anilines is 2. The number of rotatable bonds is 8. The molecule has 43 heavy (non-hydrogen) atoms. The van der Waals surface area contributed by atoms with E-state index in [1.165, 1.54) is 0 Å². The molecule has 0 unspecified atom stereocenters. The summed E-state index contributed by atoms with van der Waals surface area (Å²) in [6.07, 6.45) is 7.23. The van der Waals surface area contributed by atoms with Crippen LogP contribution in [0.4, 0.5) is 11.4 Å². The Hall–Kier alpha value is -6.02. The van der Waals surface area contributed by atoms with Crippen LogP contribution in [0.5, 0.6) is 0 Å². The van der Waals surface area contributed by atoms with Gasteiger partial charge in [0.2, 0.25) is 0 Å². The van der Waals surface area contributed by atoms with Crippen LogP contribution in [0.1, 0.15) is 31.8 Å². The van der Waals surface area contributed by atoms with Crippen molar-refractivity contribution in [2.24, 2.45) is 0 Å². The second kappa shape index (κ2) is 12.7. The number of nitrogens with zero attached hydrogens (tertiary/aromatic N) is 4. The highest BCUT2D eigenvalue weighted by Crippen LogP contribution is 2.19. The van der Waals surface area contributed by atoms with E-state index in [-0.39, 0.29) is 11.8 Å². The Morgan fingerprint density at radius 1 is 0.465 bits per heavy atom. The van der Waals surface area contributed by atoms with Crippen LogP contribution < -0.4 is 10.6 Å². The van der Waals surface area contributed by atoms with Gasteiger partial charge in [0, 0.05) is 36.2 Å². The second-order valence-corrected chi connectivity index (χ2v) is 9.77. The van der Waals surface area contributed by atoms with Crippen LogP contribution in [0.3, 0.4) is 0 Å². The van der Waals surface area contributed by atoms with Gasteiger partial charge in [-0.3, -0.25) is 29.5 Å². The smallest absolute Gasteiger partial charge is 0.257 e. The molecule has 2 amide bonds. The van der Waals surface area contributed by atoms with E-state index in [1.807, 2.05) is 84.9 Å². The summed E-state index contributed by atoms with van der Waals surface area (Å²) in [5.41, 5.74) is 7.44. The molecule has 2 aromatic carbocycles. The summed E-state index contributed by atoms with van der Waals surface area (Å²) in [5, 5.41) is 5.83. The molecule has 0 radical (unpaired) electrons. The minimum atomic E-state index is -0.231. The fourth-order valence-corrected chi connectivity index (χ4v) is 4.44. The van der Waals surface area contributed by atoms with E-state index < -0.39 is 0 Å². The molecule has 8 nitrogen and oxygen atoms in total. The summed E-state index contributed by atoms with van der Waals surface area (Å²) >= 11 is 0. The molecule has 6 rings (SSSR count). The van der Waals surface area contributed by atoms with Crippen molar-refractivity contribution in [1.29, 1.82) is 0 Å². The van der Waals surface area contributed by atoms with Crippen molar-refractivity contribution >= 4 is 23.2 Å². The number of hydrogen-bond acceptors (Lipinski definition) is 6. The summed E-state index contributed by atoms with van der Waals surface area (Å²) in [6, 6.07) is 33.7. The molecule has 6 aromatic rings. The summed E-state index contributed by atoms with van der Waals surface area (Å²) in [7, 11) is 0. The monoisotopic (exact) mass is 562 g/mol. The Balaban J connectivity index is 1.01. The number of carbonyl (C=O) groups is 2. The molecule has 0 aliphatic rings. The Kier molecular flexibility index (Phi) is 8.00. The molecular formula is C35H26N6O2. The fourth-order valence-electron chi connectivity index (χ4n) is 4.44. The highest BCUT2D eigenvalue weighted by atomic mass is 16.2. The van der Waals surface area contributed by atoms with Gasteiger partial charge in [-0.25, -0.2) is 0 Å². The lowest BCUT2D eigenvalue weighted by Gasteiger charge is -2.09. The van der Waals surface area contributed by atoms with E-state index in [1.54, 1.807) is 49.1 Å². The molecule has 208 valence electrons. The SMILES string of the molecule is O=C(Nc1ccc(Cc2ccc(NC(=O)c3ccc(-c4ccccn4)nc3)cc2)cc1)c1ccc(-c2ccccn2)nc1. The van der Waals surface area contributed by atoms with E-state index in [0.29, 0.717) is 40.3 Å². The van der Waals surface area contributed by atoms with Crippen LogP contribution in [0.15, 0.2) is 134 Å². The molecule has 0 saturated carbocycles. The first-order valence-corrected chi connectivity index (χ1v) is 13.7. The van der Waals surface area contributed by atoms with Crippen molar-refractivity contribution in [3.05, 3.63) is 156 Å². The molecule has 0 saturated heterocycles. The van der Waals surface area contributed by atoms with Crippen LogP contribution in [0.25, 0.3) is 22.8 Å². The first kappa shape index (κ1) is 27.2. The molecule has 0 atom stereocenters. The number of benzene rings is 2. The molecule has 4 aromatic heterocycles. The van der Waals surface area contributed by atoms with E-state index in [0.717, 1.165) is 22.5 Å². The van der Waals surface area contributed by atoms with Crippen molar-refractivity contribution in [2.45, 2.75) is 6.42 Å². The molecular weight excluding hydrogens is 536 g/mol. The van der Waals surface area contributed by atoms with Crippen molar-refractivity contribution < 1.29 is 9.59 Å². The topological polar surface area (TPSA) is 110 Å². The van der Waals surface area contributed by atoms with Gasteiger partial charge >= 0.3 is 0 Å². The fraction of sp³-hybridized carbons (Fsp3) is 0.0286. The van der Waals surface area contributed by atoms with Crippen LogP contribution in [-0.2, 0) is 6.42 Å². The normalized spacial score (nSPS) is 10.6. The third kappa shape index (κ3) is 6.83. The van der Waals surface area contributed by atoms with Crippen LogP contribution in [0.2, 0.25) is 0 Å². The first-order chi connectivity index (χ1) is 21.1. The zero-order chi connectivity index (χ0) is 29.4. The molecule has 2 N–H and O–H groups in total. The average molecular weight is 563 g/mol. The zero-order valence-electron chi connectivity index (χ0n) is 23.0. The highest BCUT2D eigenvalue weighted by Gasteiger charge is 2.10. The number of aromatic nitrogens is 4. The van der Waals surface area contributed by atoms with Crippen LogP contribution in [0, 0.1) is 0 Å². The molecule has 0 aliphatic carbocycles. The minimum Gasteiger partial charge on any atom is -0.322 e. The largest absolute Gasteiger partial charge is 0.322 e. The van der Waals surface area contributed by atoms with Crippen LogP contribution >= 0.6 is 0 Å². The Labute approximate surface area is 248 Å². The molecule has 4 heterocycles. The summed E-state index contributed by atoms with van der Waals surface area (Å²) in [5.74, 6) is -0.462. The lowest BCUT2D eigenvalue weighted by atomic mass is 10.0. The van der Waals surface area contributed by atoms with Crippen molar-refractivity contribution in [3.8, 4) is 22.8 Å². The minimum absolute atomic E-state index is 0.231. The first-order valence-electron chi connectivity index (χ1n) is 13.7. The van der Waals surface area contributed by atoms with E-state index in [9.17, 15) is 9.59 Å². The predicted molar refractivity (Wildman–Crippen MR) is 167 cm³/mol. The lowest BCUT2D eigenvalue weighted by Crippen LogP contribution is -2.12. The van der Waals surface area contributed by atoms with Crippen molar-refractivity contribution in [1.82, 2.24) is 19.9 Å². The van der Waals surface area contributed by atoms with Gasteiger partial charge in [0.1, 0.15) is 0 Å². The highest BCUT2D eigenvalue weighted by molar-refractivity contribution is 6.04. The zero-order valence-corrected chi connectivity index (χ0v) is 23.0. The van der Waals surface area contributed by atoms with Crippen LogP contribution in [-0.4, -0.2) is 31.8 Å². The Morgan fingerprint density at radius 2 is 0.884 bits per heavy atom. The Morgan fingerprint density at radius 3 is 1.23 bits per heavy atom. The van der Waals surface area contributed by atoms with E-state index in [2.05, 4.69) is 30.6 Å². The predicted octanol–water partition coefficient (Wildman–Crippen LogP) is 6.70. The average Bonchev–Trinajstić information content (AvgIpc) is 3.07. The maximum absolute atomic E-state index is 12.7. The quantitative estimate of drug-likeness (QED) is 0.214. The van der Waals surface area contributed by atoms with Crippen molar-refractivity contribution in [2.75, 3.05) is 10.6 Å². The third-order valence-electron chi connectivity index (χ3n) is 6.74. The van der Waals surface area contributed by atoms with Gasteiger partial charge in [0.05, 0.1) is 33.9 Å². The summed E-state index contributed by atoms with van der Waals surface area (Å²) in [4.78, 5) is 42.7. The van der Waals surface area contributed by atoms with Crippen molar-refractivity contribution in [3.63, 3.8) is 0 Å². The van der Waals surface area contributed by atoms with Gasteiger partial charge in [0.15, 0.2) is 0 Å². The van der Waals surface area contributed by atoms with Gasteiger partial charge in [-0.05, 0) is 90.3 Å². The summed E-state index contributed by atoms with van der Waals surface area (Å²) in [6.45, 7) is 0.